The van der Waals surface area contributed by atoms with Gasteiger partial charge in [-0.05, 0) is 37.0 Å². The molecule has 3 rings (SSSR count). The molecule has 0 aliphatic carbocycles. The van der Waals surface area contributed by atoms with Crippen LogP contribution in [-0.4, -0.2) is 31.6 Å². The van der Waals surface area contributed by atoms with E-state index in [1.807, 2.05) is 37.3 Å². The Morgan fingerprint density at radius 2 is 1.67 bits per heavy atom. The minimum Gasteiger partial charge on any atom is -0.298 e. The molecule has 5 heteroatoms. The summed E-state index contributed by atoms with van der Waals surface area (Å²) in [5.74, 6) is 0.0500. The van der Waals surface area contributed by atoms with E-state index in [0.717, 1.165) is 11.1 Å². The number of hydrogen-bond donors (Lipinski definition) is 0. The summed E-state index contributed by atoms with van der Waals surface area (Å²) in [5, 5.41) is 0. The van der Waals surface area contributed by atoms with Crippen molar-refractivity contribution in [1.29, 1.82) is 0 Å². The number of benzene rings is 2. The Balaban J connectivity index is 1.83. The molecule has 4 nitrogen and oxygen atoms in total. The van der Waals surface area contributed by atoms with Crippen molar-refractivity contribution in [3.05, 3.63) is 65.7 Å². The maximum atomic E-state index is 12.8. The average molecular weight is 343 g/mol. The van der Waals surface area contributed by atoms with Crippen LogP contribution in [0.25, 0.3) is 0 Å². The van der Waals surface area contributed by atoms with E-state index in [1.165, 1.54) is 4.31 Å². The summed E-state index contributed by atoms with van der Waals surface area (Å²) in [5.41, 5.74) is 2.10. The molecule has 2 aromatic carbocycles. The van der Waals surface area contributed by atoms with Crippen molar-refractivity contribution in [2.24, 2.45) is 0 Å². The number of nitrogens with zero attached hydrogens (tertiary/aromatic N) is 1. The Bertz CT molecular complexity index is 813. The lowest BCUT2D eigenvalue weighted by Crippen LogP contribution is -2.34. The molecule has 0 spiro atoms. The number of carbonyl (C=O) groups is 1. The van der Waals surface area contributed by atoms with Gasteiger partial charge in [0.15, 0.2) is 0 Å². The molecule has 1 aliphatic heterocycles. The normalized spacial score (nSPS) is 19.9. The van der Waals surface area contributed by atoms with Gasteiger partial charge in [-0.2, -0.15) is 4.31 Å². The van der Waals surface area contributed by atoms with E-state index in [0.29, 0.717) is 19.4 Å². The predicted molar refractivity (Wildman–Crippen MR) is 93.4 cm³/mol. The van der Waals surface area contributed by atoms with Crippen LogP contribution < -0.4 is 0 Å². The molecule has 0 amide bonds. The van der Waals surface area contributed by atoms with Crippen molar-refractivity contribution in [2.45, 2.75) is 30.6 Å². The molecule has 0 bridgehead atoms. The third kappa shape index (κ3) is 3.57. The molecule has 0 aromatic heterocycles. The van der Waals surface area contributed by atoms with Gasteiger partial charge >= 0.3 is 0 Å². The number of hydrogen-bond acceptors (Lipinski definition) is 3. The van der Waals surface area contributed by atoms with E-state index in [4.69, 9.17) is 0 Å². The molecule has 2 aromatic rings. The van der Waals surface area contributed by atoms with Crippen molar-refractivity contribution < 1.29 is 13.2 Å². The van der Waals surface area contributed by atoms with Crippen LogP contribution in [0.2, 0.25) is 0 Å². The number of carbonyl (C=O) groups excluding carboxylic acids is 1. The summed E-state index contributed by atoms with van der Waals surface area (Å²) < 4.78 is 26.9. The van der Waals surface area contributed by atoms with Crippen molar-refractivity contribution in [2.75, 3.05) is 13.1 Å². The van der Waals surface area contributed by atoms with Gasteiger partial charge in [-0.25, -0.2) is 8.42 Å². The van der Waals surface area contributed by atoms with E-state index in [1.54, 1.807) is 24.3 Å². The fourth-order valence-corrected chi connectivity index (χ4v) is 4.53. The molecule has 0 saturated carbocycles. The Morgan fingerprint density at radius 1 is 1.00 bits per heavy atom. The summed E-state index contributed by atoms with van der Waals surface area (Å²) >= 11 is 0. The average Bonchev–Trinajstić information content (AvgIpc) is 2.78. The highest BCUT2D eigenvalue weighted by molar-refractivity contribution is 7.89. The number of rotatable bonds is 3. The van der Waals surface area contributed by atoms with Crippen molar-refractivity contribution in [3.63, 3.8) is 0 Å². The molecule has 1 saturated heterocycles. The molecule has 1 aliphatic rings. The lowest BCUT2D eigenvalue weighted by atomic mass is 9.92. The maximum absolute atomic E-state index is 12.8. The SMILES string of the molecule is Cc1ccc(S(=O)(=O)N2CCC(c3ccccc3)CC(=O)C2)cc1. The van der Waals surface area contributed by atoms with Gasteiger partial charge in [0.05, 0.1) is 11.4 Å². The smallest absolute Gasteiger partial charge is 0.243 e. The highest BCUT2D eigenvalue weighted by atomic mass is 32.2. The van der Waals surface area contributed by atoms with Crippen LogP contribution >= 0.6 is 0 Å². The van der Waals surface area contributed by atoms with Crippen LogP contribution in [0.4, 0.5) is 0 Å². The Morgan fingerprint density at radius 3 is 2.33 bits per heavy atom. The summed E-state index contributed by atoms with van der Waals surface area (Å²) in [6.45, 7) is 2.23. The number of ketones is 1. The zero-order valence-electron chi connectivity index (χ0n) is 13.7. The molecule has 0 N–H and O–H groups in total. The minimum absolute atomic E-state index is 0.0305. The first-order valence-electron chi connectivity index (χ1n) is 8.10. The monoisotopic (exact) mass is 343 g/mol. The summed E-state index contributed by atoms with van der Waals surface area (Å²) in [4.78, 5) is 12.6. The molecule has 1 atom stereocenters. The standard InChI is InChI=1S/C19H21NO3S/c1-15-7-9-19(10-8-15)24(22,23)20-12-11-17(13-18(21)14-20)16-5-3-2-4-6-16/h2-10,17H,11-14H2,1H3. The second-order valence-corrected chi connectivity index (χ2v) is 8.23. The van der Waals surface area contributed by atoms with Crippen LogP contribution in [-0.2, 0) is 14.8 Å². The first kappa shape index (κ1) is 16.9. The van der Waals surface area contributed by atoms with Gasteiger partial charge in [0, 0.05) is 13.0 Å². The third-order valence-corrected chi connectivity index (χ3v) is 6.34. The second-order valence-electron chi connectivity index (χ2n) is 6.29. The molecular weight excluding hydrogens is 322 g/mol. The Hall–Kier alpha value is -1.98. The van der Waals surface area contributed by atoms with Crippen LogP contribution in [0.1, 0.15) is 29.9 Å². The number of aryl methyl sites for hydroxylation is 1. The quantitative estimate of drug-likeness (QED) is 0.860. The highest BCUT2D eigenvalue weighted by Crippen LogP contribution is 2.28. The van der Waals surface area contributed by atoms with Crippen LogP contribution in [0.15, 0.2) is 59.5 Å². The second kappa shape index (κ2) is 6.87. The van der Waals surface area contributed by atoms with Gasteiger partial charge in [0.25, 0.3) is 0 Å². The molecular formula is C19H21NO3S. The Labute approximate surface area is 143 Å². The summed E-state index contributed by atoms with van der Waals surface area (Å²) in [6, 6.07) is 16.6. The van der Waals surface area contributed by atoms with Gasteiger partial charge < -0.3 is 0 Å². The highest BCUT2D eigenvalue weighted by Gasteiger charge is 2.31. The van der Waals surface area contributed by atoms with E-state index >= 15 is 0 Å². The van der Waals surface area contributed by atoms with Crippen molar-refractivity contribution in [1.82, 2.24) is 4.31 Å². The zero-order valence-corrected chi connectivity index (χ0v) is 14.5. The number of Topliss-reactive ketones (excluding diaryl/α,β-unsaturated/α-hetero) is 1. The fraction of sp³-hybridized carbons (Fsp3) is 0.316. The van der Waals surface area contributed by atoms with Crippen LogP contribution in [0, 0.1) is 6.92 Å². The first-order valence-corrected chi connectivity index (χ1v) is 9.54. The maximum Gasteiger partial charge on any atom is 0.243 e. The van der Waals surface area contributed by atoms with Gasteiger partial charge in [-0.1, -0.05) is 48.0 Å². The zero-order chi connectivity index (χ0) is 17.2. The largest absolute Gasteiger partial charge is 0.298 e. The van der Waals surface area contributed by atoms with Crippen LogP contribution in [0.5, 0.6) is 0 Å². The summed E-state index contributed by atoms with van der Waals surface area (Å²) in [7, 11) is -3.63. The van der Waals surface area contributed by atoms with Gasteiger partial charge in [-0.15, -0.1) is 0 Å². The fourth-order valence-electron chi connectivity index (χ4n) is 3.09. The molecule has 1 heterocycles. The van der Waals surface area contributed by atoms with Gasteiger partial charge in [0.1, 0.15) is 5.78 Å². The molecule has 1 fully saturated rings. The lowest BCUT2D eigenvalue weighted by molar-refractivity contribution is -0.119. The van der Waals surface area contributed by atoms with Crippen LogP contribution in [0.3, 0.4) is 0 Å². The topological polar surface area (TPSA) is 54.5 Å². The minimum atomic E-state index is -3.63. The molecule has 24 heavy (non-hydrogen) atoms. The molecule has 1 unspecified atom stereocenters. The van der Waals surface area contributed by atoms with Gasteiger partial charge in [-0.3, -0.25) is 4.79 Å². The van der Waals surface area contributed by atoms with Crippen molar-refractivity contribution in [3.8, 4) is 0 Å². The van der Waals surface area contributed by atoms with E-state index in [2.05, 4.69) is 0 Å². The summed E-state index contributed by atoms with van der Waals surface area (Å²) in [6.07, 6.45) is 1.05. The van der Waals surface area contributed by atoms with Crippen molar-refractivity contribution >= 4 is 15.8 Å². The molecule has 0 radical (unpaired) electrons. The van der Waals surface area contributed by atoms with E-state index in [9.17, 15) is 13.2 Å². The van der Waals surface area contributed by atoms with E-state index in [-0.39, 0.29) is 23.1 Å². The predicted octanol–water partition coefficient (Wildman–Crippen LogP) is 3.13. The Kier molecular flexibility index (Phi) is 4.83. The van der Waals surface area contributed by atoms with Gasteiger partial charge in [0.2, 0.25) is 10.0 Å². The first-order chi connectivity index (χ1) is 11.5. The van der Waals surface area contributed by atoms with E-state index < -0.39 is 10.0 Å². The molecule has 126 valence electrons. The third-order valence-electron chi connectivity index (χ3n) is 4.48. The number of sulfonamides is 1. The lowest BCUT2D eigenvalue weighted by Gasteiger charge is -2.20.